The Balaban J connectivity index is 1.66. The molecule has 1 amide bonds. The number of alkyl halides is 1. The summed E-state index contributed by atoms with van der Waals surface area (Å²) in [6, 6.07) is 5.68. The fraction of sp³-hybridized carbons (Fsp3) is 0.562. The van der Waals surface area contributed by atoms with Gasteiger partial charge in [-0.2, -0.15) is 0 Å². The third-order valence-electron chi connectivity index (χ3n) is 4.48. The Bertz CT molecular complexity index is 507. The van der Waals surface area contributed by atoms with Gasteiger partial charge in [0.25, 0.3) is 0 Å². The van der Waals surface area contributed by atoms with E-state index in [2.05, 4.69) is 5.32 Å². The molecule has 2 unspecified atom stereocenters. The van der Waals surface area contributed by atoms with Gasteiger partial charge in [-0.1, -0.05) is 6.42 Å². The van der Waals surface area contributed by atoms with E-state index in [4.69, 9.17) is 16.3 Å². The number of ether oxygens (including phenoxy) is 1. The Morgan fingerprint density at radius 2 is 2.15 bits per heavy atom. The Kier molecular flexibility index (Phi) is 3.88. The van der Waals surface area contributed by atoms with Crippen LogP contribution in [0.5, 0.6) is 5.75 Å². The van der Waals surface area contributed by atoms with Crippen LogP contribution in [0.3, 0.4) is 0 Å². The lowest BCUT2D eigenvalue weighted by molar-refractivity contribution is -0.118. The average molecular weight is 294 g/mol. The quantitative estimate of drug-likeness (QED) is 0.838. The Labute approximate surface area is 124 Å². The zero-order valence-electron chi connectivity index (χ0n) is 11.7. The van der Waals surface area contributed by atoms with Crippen LogP contribution in [0.1, 0.15) is 31.7 Å². The van der Waals surface area contributed by atoms with Crippen LogP contribution in [0.15, 0.2) is 18.2 Å². The first-order valence-corrected chi connectivity index (χ1v) is 7.90. The van der Waals surface area contributed by atoms with Crippen molar-refractivity contribution < 1.29 is 9.53 Å². The molecule has 3 nitrogen and oxygen atoms in total. The lowest BCUT2D eigenvalue weighted by Gasteiger charge is -2.11. The summed E-state index contributed by atoms with van der Waals surface area (Å²) < 4.78 is 5.51. The van der Waals surface area contributed by atoms with Gasteiger partial charge in [-0.15, -0.1) is 11.6 Å². The lowest BCUT2D eigenvalue weighted by Crippen LogP contribution is -2.16. The summed E-state index contributed by atoms with van der Waals surface area (Å²) in [5.41, 5.74) is 1.74. The molecule has 1 aromatic carbocycles. The summed E-state index contributed by atoms with van der Waals surface area (Å²) in [5.74, 6) is 2.88. The van der Waals surface area contributed by atoms with Crippen molar-refractivity contribution in [2.75, 3.05) is 11.9 Å². The summed E-state index contributed by atoms with van der Waals surface area (Å²) >= 11 is 5.94. The first kappa shape index (κ1) is 13.7. The van der Waals surface area contributed by atoms with Crippen molar-refractivity contribution in [1.82, 2.24) is 0 Å². The van der Waals surface area contributed by atoms with Crippen LogP contribution in [0.4, 0.5) is 5.69 Å². The van der Waals surface area contributed by atoms with Crippen LogP contribution in [0.2, 0.25) is 0 Å². The molecule has 2 fully saturated rings. The zero-order valence-corrected chi connectivity index (χ0v) is 12.5. The van der Waals surface area contributed by atoms with Gasteiger partial charge >= 0.3 is 0 Å². The number of carbonyl (C=O) groups is 1. The molecule has 0 saturated heterocycles. The first-order chi connectivity index (χ1) is 9.74. The number of fused-ring (bicyclic) bond motifs is 1. The number of carbonyl (C=O) groups excluding carboxylic acids is 1. The van der Waals surface area contributed by atoms with Gasteiger partial charge in [-0.05, 0) is 49.8 Å². The highest BCUT2D eigenvalue weighted by Gasteiger charge is 2.56. The van der Waals surface area contributed by atoms with Crippen molar-refractivity contribution in [1.29, 1.82) is 0 Å². The van der Waals surface area contributed by atoms with Gasteiger partial charge in [-0.25, -0.2) is 0 Å². The summed E-state index contributed by atoms with van der Waals surface area (Å²) in [7, 11) is 0. The molecule has 2 aliphatic rings. The number of nitrogens with one attached hydrogen (secondary N) is 1. The third kappa shape index (κ3) is 2.51. The normalized spacial score (nSPS) is 27.0. The van der Waals surface area contributed by atoms with Crippen LogP contribution in [0, 0.1) is 17.8 Å². The smallest absolute Gasteiger partial charge is 0.228 e. The molecule has 2 saturated carbocycles. The van der Waals surface area contributed by atoms with Crippen molar-refractivity contribution >= 4 is 23.2 Å². The second kappa shape index (κ2) is 5.65. The topological polar surface area (TPSA) is 38.3 Å². The molecule has 4 heteroatoms. The molecule has 0 bridgehead atoms. The molecule has 3 rings (SSSR count). The van der Waals surface area contributed by atoms with E-state index < -0.39 is 0 Å². The van der Waals surface area contributed by atoms with Crippen molar-refractivity contribution in [3.63, 3.8) is 0 Å². The van der Waals surface area contributed by atoms with Gasteiger partial charge in [0, 0.05) is 17.2 Å². The van der Waals surface area contributed by atoms with E-state index in [-0.39, 0.29) is 11.8 Å². The summed E-state index contributed by atoms with van der Waals surface area (Å²) in [6.45, 7) is 2.56. The molecular weight excluding hydrogens is 274 g/mol. The van der Waals surface area contributed by atoms with E-state index in [0.29, 0.717) is 24.3 Å². The van der Waals surface area contributed by atoms with E-state index in [0.717, 1.165) is 17.0 Å². The summed E-state index contributed by atoms with van der Waals surface area (Å²) in [4.78, 5) is 12.2. The van der Waals surface area contributed by atoms with E-state index in [1.807, 2.05) is 25.1 Å². The summed E-state index contributed by atoms with van der Waals surface area (Å²) in [6.07, 6.45) is 3.73. The molecule has 0 radical (unpaired) electrons. The molecule has 1 N–H and O–H groups in total. The van der Waals surface area contributed by atoms with Crippen molar-refractivity contribution in [3.05, 3.63) is 23.8 Å². The van der Waals surface area contributed by atoms with Crippen molar-refractivity contribution in [2.45, 2.75) is 32.1 Å². The minimum atomic E-state index is 0.171. The van der Waals surface area contributed by atoms with Crippen molar-refractivity contribution in [2.24, 2.45) is 17.8 Å². The van der Waals surface area contributed by atoms with Gasteiger partial charge in [-0.3, -0.25) is 4.79 Å². The molecule has 0 aliphatic heterocycles. The van der Waals surface area contributed by atoms with Gasteiger partial charge in [0.15, 0.2) is 0 Å². The maximum atomic E-state index is 12.2. The maximum absolute atomic E-state index is 12.2. The lowest BCUT2D eigenvalue weighted by atomic mass is 10.1. The van der Waals surface area contributed by atoms with E-state index in [1.54, 1.807) is 0 Å². The third-order valence-corrected chi connectivity index (χ3v) is 4.77. The molecule has 20 heavy (non-hydrogen) atoms. The number of halogens is 1. The number of hydrogen-bond donors (Lipinski definition) is 1. The second-order valence-electron chi connectivity index (χ2n) is 5.66. The zero-order chi connectivity index (χ0) is 14.1. The fourth-order valence-electron chi connectivity index (χ4n) is 3.49. The van der Waals surface area contributed by atoms with Crippen LogP contribution in [-0.4, -0.2) is 12.5 Å². The summed E-state index contributed by atoms with van der Waals surface area (Å²) in [5, 5.41) is 3.02. The fourth-order valence-corrected chi connectivity index (χ4v) is 3.70. The highest BCUT2D eigenvalue weighted by Crippen LogP contribution is 2.57. The molecule has 0 aromatic heterocycles. The molecule has 1 aromatic rings. The van der Waals surface area contributed by atoms with Gasteiger partial charge in [0.1, 0.15) is 5.75 Å². The van der Waals surface area contributed by atoms with Crippen LogP contribution >= 0.6 is 11.6 Å². The highest BCUT2D eigenvalue weighted by molar-refractivity contribution is 6.17. The Morgan fingerprint density at radius 1 is 1.40 bits per heavy atom. The van der Waals surface area contributed by atoms with E-state index in [9.17, 15) is 4.79 Å². The maximum Gasteiger partial charge on any atom is 0.228 e. The number of hydrogen-bond acceptors (Lipinski definition) is 2. The van der Waals surface area contributed by atoms with Crippen LogP contribution in [0.25, 0.3) is 0 Å². The molecule has 0 heterocycles. The van der Waals surface area contributed by atoms with E-state index >= 15 is 0 Å². The minimum absolute atomic E-state index is 0.171. The molecular formula is C16H20ClNO2. The monoisotopic (exact) mass is 293 g/mol. The molecule has 0 spiro atoms. The molecule has 2 atom stereocenters. The number of rotatable bonds is 5. The average Bonchev–Trinajstić information content (AvgIpc) is 2.94. The van der Waals surface area contributed by atoms with Gasteiger partial charge in [0.2, 0.25) is 5.91 Å². The van der Waals surface area contributed by atoms with Crippen LogP contribution in [-0.2, 0) is 10.7 Å². The minimum Gasteiger partial charge on any atom is -0.494 e. The Hall–Kier alpha value is -1.22. The van der Waals surface area contributed by atoms with Crippen LogP contribution < -0.4 is 10.1 Å². The highest BCUT2D eigenvalue weighted by atomic mass is 35.5. The number of benzene rings is 1. The van der Waals surface area contributed by atoms with E-state index in [1.165, 1.54) is 19.3 Å². The standard InChI is InChI=1S/C16H20ClNO2/c1-2-20-14-7-6-11(8-10(14)9-17)18-16(19)15-12-4-3-5-13(12)15/h6-8,12-13,15H,2-5,9H2,1H3,(H,18,19). The predicted octanol–water partition coefficient (Wildman–Crippen LogP) is 3.81. The van der Waals surface area contributed by atoms with Gasteiger partial charge in [0.05, 0.1) is 12.5 Å². The number of amides is 1. The van der Waals surface area contributed by atoms with Crippen molar-refractivity contribution in [3.8, 4) is 5.75 Å². The molecule has 108 valence electrons. The SMILES string of the molecule is CCOc1ccc(NC(=O)C2C3CCCC32)cc1CCl. The molecule has 2 aliphatic carbocycles. The predicted molar refractivity (Wildman–Crippen MR) is 80.1 cm³/mol. The second-order valence-corrected chi connectivity index (χ2v) is 5.93. The first-order valence-electron chi connectivity index (χ1n) is 7.37. The van der Waals surface area contributed by atoms with Gasteiger partial charge < -0.3 is 10.1 Å². The largest absolute Gasteiger partial charge is 0.494 e. The number of anilines is 1. The Morgan fingerprint density at radius 3 is 2.80 bits per heavy atom.